The first kappa shape index (κ1) is 22.8. The highest BCUT2D eigenvalue weighted by Gasteiger charge is 2.13. The van der Waals surface area contributed by atoms with Crippen molar-refractivity contribution < 1.29 is 19.1 Å². The molecule has 2 aromatic rings. The van der Waals surface area contributed by atoms with Gasteiger partial charge in [-0.1, -0.05) is 24.3 Å². The maximum Gasteiger partial charge on any atom is 0.252 e. The molecule has 0 fully saturated rings. The molecule has 0 spiro atoms. The lowest BCUT2D eigenvalue weighted by atomic mass is 10.2. The van der Waals surface area contributed by atoms with Crippen molar-refractivity contribution in [3.63, 3.8) is 0 Å². The Morgan fingerprint density at radius 1 is 1.03 bits per heavy atom. The molecular weight excluding hydrogens is 388 g/mol. The minimum Gasteiger partial charge on any atom is -0.491 e. The number of nitrogens with one attached hydrogen (secondary N) is 2. The summed E-state index contributed by atoms with van der Waals surface area (Å²) in [6.45, 7) is 5.28. The van der Waals surface area contributed by atoms with Crippen LogP contribution in [0.1, 0.15) is 29.8 Å². The van der Waals surface area contributed by atoms with Gasteiger partial charge >= 0.3 is 0 Å². The Balaban J connectivity index is 1.89. The van der Waals surface area contributed by atoms with E-state index in [9.17, 15) is 9.59 Å². The van der Waals surface area contributed by atoms with Crippen LogP contribution in [0.4, 0.5) is 0 Å². The van der Waals surface area contributed by atoms with Gasteiger partial charge in [0.1, 0.15) is 12.4 Å². The maximum atomic E-state index is 12.6. The Hall–Kier alpha value is -2.51. The predicted octanol–water partition coefficient (Wildman–Crippen LogP) is 3.26. The summed E-state index contributed by atoms with van der Waals surface area (Å²) >= 11 is 1.36. The summed E-state index contributed by atoms with van der Waals surface area (Å²) in [5.41, 5.74) is 1.54. The molecule has 156 valence electrons. The molecular formula is C22H28N2O4S. The van der Waals surface area contributed by atoms with Crippen LogP contribution in [0.5, 0.6) is 5.75 Å². The second-order valence-corrected chi connectivity index (χ2v) is 7.69. The summed E-state index contributed by atoms with van der Waals surface area (Å²) < 4.78 is 10.5. The van der Waals surface area contributed by atoms with Crippen molar-refractivity contribution >= 4 is 23.6 Å². The van der Waals surface area contributed by atoms with E-state index in [-0.39, 0.29) is 23.6 Å². The van der Waals surface area contributed by atoms with Crippen molar-refractivity contribution in [3.8, 4) is 5.75 Å². The van der Waals surface area contributed by atoms with E-state index in [1.54, 1.807) is 13.2 Å². The first-order valence-corrected chi connectivity index (χ1v) is 10.5. The van der Waals surface area contributed by atoms with Crippen LogP contribution in [0.25, 0.3) is 0 Å². The van der Waals surface area contributed by atoms with Gasteiger partial charge in [0.25, 0.3) is 5.91 Å². The van der Waals surface area contributed by atoms with Crippen LogP contribution in [0, 0.1) is 0 Å². The molecule has 6 nitrogen and oxygen atoms in total. The van der Waals surface area contributed by atoms with Crippen LogP contribution >= 0.6 is 11.8 Å². The Kier molecular flexibility index (Phi) is 9.53. The van der Waals surface area contributed by atoms with Gasteiger partial charge in [0.05, 0.1) is 17.9 Å². The molecule has 7 heteroatoms. The monoisotopic (exact) mass is 416 g/mol. The lowest BCUT2D eigenvalue weighted by molar-refractivity contribution is -0.119. The molecule has 2 rings (SSSR count). The van der Waals surface area contributed by atoms with Gasteiger partial charge in [-0.25, -0.2) is 0 Å². The van der Waals surface area contributed by atoms with E-state index < -0.39 is 0 Å². The maximum absolute atomic E-state index is 12.6. The Labute approximate surface area is 176 Å². The molecule has 29 heavy (non-hydrogen) atoms. The largest absolute Gasteiger partial charge is 0.491 e. The highest BCUT2D eigenvalue weighted by atomic mass is 32.2. The smallest absolute Gasteiger partial charge is 0.252 e. The van der Waals surface area contributed by atoms with Gasteiger partial charge in [0.2, 0.25) is 5.91 Å². The molecule has 0 aliphatic rings. The van der Waals surface area contributed by atoms with Crippen LogP contribution < -0.4 is 15.4 Å². The van der Waals surface area contributed by atoms with E-state index in [4.69, 9.17) is 9.47 Å². The number of methoxy groups -OCH3 is 1. The highest BCUT2D eigenvalue weighted by molar-refractivity contribution is 8.00. The molecule has 0 radical (unpaired) electrons. The number of carbonyl (C=O) groups excluding carboxylic acids is 2. The molecule has 0 aromatic heterocycles. The number of carbonyl (C=O) groups is 2. The quantitative estimate of drug-likeness (QED) is 0.434. The van der Waals surface area contributed by atoms with E-state index in [2.05, 4.69) is 10.6 Å². The van der Waals surface area contributed by atoms with Gasteiger partial charge < -0.3 is 20.1 Å². The van der Waals surface area contributed by atoms with Crippen LogP contribution in [-0.2, 0) is 16.1 Å². The van der Waals surface area contributed by atoms with E-state index in [0.717, 1.165) is 16.2 Å². The van der Waals surface area contributed by atoms with Crippen molar-refractivity contribution in [2.75, 3.05) is 26.1 Å². The van der Waals surface area contributed by atoms with Crippen LogP contribution in [0.3, 0.4) is 0 Å². The highest BCUT2D eigenvalue weighted by Crippen LogP contribution is 2.22. The summed E-state index contributed by atoms with van der Waals surface area (Å²) in [7, 11) is 1.63. The zero-order valence-corrected chi connectivity index (χ0v) is 17.9. The standard InChI is InChI=1S/C22H28N2O4S/c1-16(2)24-21(25)15-29-20-7-5-4-6-19(20)22(26)23-14-17-8-10-18(11-9-17)28-13-12-27-3/h4-11,16H,12-15H2,1-3H3,(H,23,26)(H,24,25). The first-order chi connectivity index (χ1) is 14.0. The van der Waals surface area contributed by atoms with Gasteiger partial charge in [-0.3, -0.25) is 9.59 Å². The molecule has 0 aliphatic heterocycles. The normalized spacial score (nSPS) is 10.6. The predicted molar refractivity (Wildman–Crippen MR) is 115 cm³/mol. The van der Waals surface area contributed by atoms with E-state index in [1.807, 2.05) is 56.3 Å². The summed E-state index contributed by atoms with van der Waals surface area (Å²) in [4.78, 5) is 25.3. The van der Waals surface area contributed by atoms with Crippen molar-refractivity contribution in [3.05, 3.63) is 59.7 Å². The third-order valence-electron chi connectivity index (χ3n) is 3.87. The zero-order valence-electron chi connectivity index (χ0n) is 17.1. The molecule has 2 N–H and O–H groups in total. The molecule has 0 unspecified atom stereocenters. The second-order valence-electron chi connectivity index (χ2n) is 6.67. The minimum absolute atomic E-state index is 0.0481. The number of hydrogen-bond acceptors (Lipinski definition) is 5. The number of amides is 2. The molecule has 0 aliphatic carbocycles. The number of thioether (sulfide) groups is 1. The Morgan fingerprint density at radius 2 is 1.76 bits per heavy atom. The van der Waals surface area contributed by atoms with E-state index in [1.165, 1.54) is 11.8 Å². The molecule has 0 bridgehead atoms. The van der Waals surface area contributed by atoms with Crippen LogP contribution in [0.2, 0.25) is 0 Å². The SMILES string of the molecule is COCCOc1ccc(CNC(=O)c2ccccc2SCC(=O)NC(C)C)cc1. The number of ether oxygens (including phenoxy) is 2. The Morgan fingerprint density at radius 3 is 2.45 bits per heavy atom. The summed E-state index contributed by atoms with van der Waals surface area (Å²) in [5, 5.41) is 5.78. The van der Waals surface area contributed by atoms with Gasteiger partial charge in [0, 0.05) is 24.6 Å². The number of hydrogen-bond donors (Lipinski definition) is 2. The van der Waals surface area contributed by atoms with Crippen LogP contribution in [-0.4, -0.2) is 43.9 Å². The number of benzene rings is 2. The van der Waals surface area contributed by atoms with E-state index in [0.29, 0.717) is 25.3 Å². The number of rotatable bonds is 11. The zero-order chi connectivity index (χ0) is 21.1. The van der Waals surface area contributed by atoms with Crippen molar-refractivity contribution in [2.45, 2.75) is 31.3 Å². The molecule has 2 amide bonds. The summed E-state index contributed by atoms with van der Waals surface area (Å²) in [6, 6.07) is 15.0. The van der Waals surface area contributed by atoms with Gasteiger partial charge in [-0.15, -0.1) is 11.8 Å². The first-order valence-electron chi connectivity index (χ1n) is 9.49. The van der Waals surface area contributed by atoms with Gasteiger partial charge in [0.15, 0.2) is 0 Å². The van der Waals surface area contributed by atoms with Gasteiger partial charge in [-0.2, -0.15) is 0 Å². The van der Waals surface area contributed by atoms with E-state index >= 15 is 0 Å². The Bertz CT molecular complexity index is 794. The van der Waals surface area contributed by atoms with Crippen molar-refractivity contribution in [1.29, 1.82) is 0 Å². The molecule has 0 heterocycles. The fraction of sp³-hybridized carbons (Fsp3) is 0.364. The second kappa shape index (κ2) is 12.1. The average Bonchev–Trinajstić information content (AvgIpc) is 2.71. The lowest BCUT2D eigenvalue weighted by Gasteiger charge is -2.11. The summed E-state index contributed by atoms with van der Waals surface area (Å²) in [5.74, 6) is 0.817. The minimum atomic E-state index is -0.169. The molecule has 2 aromatic carbocycles. The topological polar surface area (TPSA) is 76.7 Å². The van der Waals surface area contributed by atoms with Crippen molar-refractivity contribution in [1.82, 2.24) is 10.6 Å². The fourth-order valence-electron chi connectivity index (χ4n) is 2.51. The summed E-state index contributed by atoms with van der Waals surface area (Å²) in [6.07, 6.45) is 0. The third kappa shape index (κ3) is 8.17. The fourth-order valence-corrected chi connectivity index (χ4v) is 3.37. The average molecular weight is 417 g/mol. The molecule has 0 saturated carbocycles. The molecule has 0 atom stereocenters. The molecule has 0 saturated heterocycles. The lowest BCUT2D eigenvalue weighted by Crippen LogP contribution is -2.31. The van der Waals surface area contributed by atoms with Crippen LogP contribution in [0.15, 0.2) is 53.4 Å². The van der Waals surface area contributed by atoms with Gasteiger partial charge in [-0.05, 0) is 43.7 Å². The third-order valence-corrected chi connectivity index (χ3v) is 4.95. The van der Waals surface area contributed by atoms with Crippen molar-refractivity contribution in [2.24, 2.45) is 0 Å².